The monoisotopic (exact) mass is 629 g/mol. The predicted octanol–water partition coefficient (Wildman–Crippen LogP) is 5.47. The number of fused-ring (bicyclic) bond motifs is 1. The highest BCUT2D eigenvalue weighted by Crippen LogP contribution is 2.30. The van der Waals surface area contributed by atoms with Crippen molar-refractivity contribution in [1.82, 2.24) is 14.5 Å². The Hall–Kier alpha value is -3.40. The molecular formula is C31H33Cl2N3O5S. The second-order valence-electron chi connectivity index (χ2n) is 10.1. The van der Waals surface area contributed by atoms with Crippen LogP contribution in [0.5, 0.6) is 0 Å². The molecule has 0 aromatic heterocycles. The Balaban J connectivity index is 1.57. The quantitative estimate of drug-likeness (QED) is 0.252. The van der Waals surface area contributed by atoms with Gasteiger partial charge in [-0.25, -0.2) is 12.7 Å². The number of unbranched alkanes of at least 4 members (excludes halogenated alkanes) is 1. The molecule has 1 unspecified atom stereocenters. The molecule has 3 aromatic carbocycles. The molecule has 0 saturated carbocycles. The fraction of sp³-hybridized carbons (Fsp3) is 0.323. The van der Waals surface area contributed by atoms with E-state index in [4.69, 9.17) is 23.2 Å². The highest BCUT2D eigenvalue weighted by atomic mass is 35.5. The lowest BCUT2D eigenvalue weighted by atomic mass is 10.0. The van der Waals surface area contributed by atoms with Crippen molar-refractivity contribution in [2.24, 2.45) is 0 Å². The first-order valence-corrected chi connectivity index (χ1v) is 16.0. The van der Waals surface area contributed by atoms with Crippen LogP contribution in [-0.4, -0.2) is 54.5 Å². The summed E-state index contributed by atoms with van der Waals surface area (Å²) in [6.07, 6.45) is 1.98. The van der Waals surface area contributed by atoms with Gasteiger partial charge in [0.25, 0.3) is 15.9 Å². The number of amides is 3. The normalized spacial score (nSPS) is 14.4. The molecule has 0 saturated heterocycles. The Kier molecular flexibility index (Phi) is 10.6. The molecule has 1 atom stereocenters. The molecule has 222 valence electrons. The van der Waals surface area contributed by atoms with Gasteiger partial charge in [0.05, 0.1) is 15.6 Å². The molecule has 0 fully saturated rings. The SMILES string of the molecule is CCCCNC(=O)C(Cc1ccccc1)N(Cc1ccc(Cl)c(Cl)c1)C(=O)CCCN1C(=O)c2ccccc2S1(=O)=O. The number of hydrogen-bond acceptors (Lipinski definition) is 5. The van der Waals surface area contributed by atoms with E-state index >= 15 is 0 Å². The Bertz CT molecular complexity index is 1550. The van der Waals surface area contributed by atoms with Crippen molar-refractivity contribution in [1.29, 1.82) is 0 Å². The lowest BCUT2D eigenvalue weighted by Crippen LogP contribution is -2.50. The highest BCUT2D eigenvalue weighted by molar-refractivity contribution is 7.90. The van der Waals surface area contributed by atoms with E-state index in [1.807, 2.05) is 37.3 Å². The topological polar surface area (TPSA) is 104 Å². The summed E-state index contributed by atoms with van der Waals surface area (Å²) in [5.41, 5.74) is 1.69. The van der Waals surface area contributed by atoms with Crippen molar-refractivity contribution < 1.29 is 22.8 Å². The Morgan fingerprint density at radius 1 is 0.929 bits per heavy atom. The number of nitrogens with one attached hydrogen (secondary N) is 1. The van der Waals surface area contributed by atoms with Gasteiger partial charge in [0.15, 0.2) is 0 Å². The fourth-order valence-corrected chi connectivity index (χ4v) is 6.79. The van der Waals surface area contributed by atoms with Crippen LogP contribution in [0.2, 0.25) is 10.0 Å². The first kappa shape index (κ1) is 31.5. The highest BCUT2D eigenvalue weighted by Gasteiger charge is 2.40. The van der Waals surface area contributed by atoms with Crippen LogP contribution in [0.3, 0.4) is 0 Å². The molecule has 0 spiro atoms. The Morgan fingerprint density at radius 2 is 1.64 bits per heavy atom. The van der Waals surface area contributed by atoms with Crippen molar-refractivity contribution >= 4 is 50.9 Å². The number of carbonyl (C=O) groups is 3. The molecule has 1 heterocycles. The van der Waals surface area contributed by atoms with E-state index < -0.39 is 22.0 Å². The summed E-state index contributed by atoms with van der Waals surface area (Å²) in [6.45, 7) is 2.43. The maximum absolute atomic E-state index is 13.8. The zero-order chi connectivity index (χ0) is 30.3. The van der Waals surface area contributed by atoms with Crippen LogP contribution in [0, 0.1) is 0 Å². The Labute approximate surface area is 256 Å². The van der Waals surface area contributed by atoms with Crippen molar-refractivity contribution in [2.75, 3.05) is 13.1 Å². The van der Waals surface area contributed by atoms with Gasteiger partial charge in [0.1, 0.15) is 10.9 Å². The summed E-state index contributed by atoms with van der Waals surface area (Å²) in [4.78, 5) is 41.7. The summed E-state index contributed by atoms with van der Waals surface area (Å²) in [5, 5.41) is 3.66. The van der Waals surface area contributed by atoms with E-state index in [0.29, 0.717) is 22.2 Å². The lowest BCUT2D eigenvalue weighted by Gasteiger charge is -2.32. The molecule has 1 N–H and O–H groups in total. The van der Waals surface area contributed by atoms with E-state index in [9.17, 15) is 22.8 Å². The Morgan fingerprint density at radius 3 is 2.33 bits per heavy atom. The third-order valence-corrected chi connectivity index (χ3v) is 9.68. The molecule has 0 bridgehead atoms. The van der Waals surface area contributed by atoms with Crippen LogP contribution < -0.4 is 5.32 Å². The van der Waals surface area contributed by atoms with Crippen LogP contribution in [0.25, 0.3) is 0 Å². The summed E-state index contributed by atoms with van der Waals surface area (Å²) in [7, 11) is -3.99. The number of halogens is 2. The average Bonchev–Trinajstić information content (AvgIpc) is 3.17. The van der Waals surface area contributed by atoms with Crippen molar-refractivity contribution in [3.8, 4) is 0 Å². The van der Waals surface area contributed by atoms with Crippen molar-refractivity contribution in [3.05, 3.63) is 99.5 Å². The van der Waals surface area contributed by atoms with E-state index in [1.54, 1.807) is 30.3 Å². The minimum Gasteiger partial charge on any atom is -0.354 e. The van der Waals surface area contributed by atoms with Gasteiger partial charge in [-0.1, -0.05) is 85.1 Å². The lowest BCUT2D eigenvalue weighted by molar-refractivity contribution is -0.141. The maximum atomic E-state index is 13.8. The van der Waals surface area contributed by atoms with E-state index in [2.05, 4.69) is 5.32 Å². The summed E-state index contributed by atoms with van der Waals surface area (Å²) in [6, 6.07) is 19.7. The van der Waals surface area contributed by atoms with Gasteiger partial charge in [-0.05, 0) is 48.2 Å². The number of hydrogen-bond donors (Lipinski definition) is 1. The molecular weight excluding hydrogens is 597 g/mol. The third kappa shape index (κ3) is 7.32. The number of carbonyl (C=O) groups excluding carboxylic acids is 3. The molecule has 42 heavy (non-hydrogen) atoms. The first-order chi connectivity index (χ1) is 20.1. The zero-order valence-electron chi connectivity index (χ0n) is 23.3. The molecule has 0 radical (unpaired) electrons. The first-order valence-electron chi connectivity index (χ1n) is 13.8. The van der Waals surface area contributed by atoms with Crippen LogP contribution in [0.15, 0.2) is 77.7 Å². The molecule has 8 nitrogen and oxygen atoms in total. The van der Waals surface area contributed by atoms with E-state index in [0.717, 1.165) is 22.7 Å². The average molecular weight is 631 g/mol. The smallest absolute Gasteiger partial charge is 0.269 e. The van der Waals surface area contributed by atoms with Crippen LogP contribution >= 0.6 is 23.2 Å². The standard InChI is InChI=1S/C31H33Cl2N3O5S/c1-2-3-17-34-30(38)27(20-22-10-5-4-6-11-22)35(21-23-15-16-25(32)26(33)19-23)29(37)14-9-18-36-31(39)24-12-7-8-13-28(24)42(36,40)41/h4-8,10-13,15-16,19,27H,2-3,9,14,17-18,20-21H2,1H3,(H,34,38). The largest absolute Gasteiger partial charge is 0.354 e. The van der Waals surface area contributed by atoms with Gasteiger partial charge in [0.2, 0.25) is 11.8 Å². The van der Waals surface area contributed by atoms with Crippen molar-refractivity contribution in [3.63, 3.8) is 0 Å². The molecule has 1 aliphatic heterocycles. The molecule has 3 aromatic rings. The molecule has 4 rings (SSSR count). The van der Waals surface area contributed by atoms with Gasteiger partial charge >= 0.3 is 0 Å². The van der Waals surface area contributed by atoms with Gasteiger partial charge in [-0.3, -0.25) is 14.4 Å². The number of rotatable bonds is 13. The summed E-state index contributed by atoms with van der Waals surface area (Å²) < 4.78 is 26.7. The van der Waals surface area contributed by atoms with Crippen LogP contribution in [-0.2, 0) is 32.6 Å². The number of benzene rings is 3. The molecule has 3 amide bonds. The molecule has 11 heteroatoms. The van der Waals surface area contributed by atoms with E-state index in [1.165, 1.54) is 17.0 Å². The fourth-order valence-electron chi connectivity index (χ4n) is 4.86. The second-order valence-corrected chi connectivity index (χ2v) is 12.7. The zero-order valence-corrected chi connectivity index (χ0v) is 25.6. The number of sulfonamides is 1. The van der Waals surface area contributed by atoms with Gasteiger partial charge < -0.3 is 10.2 Å². The molecule has 0 aliphatic carbocycles. The van der Waals surface area contributed by atoms with Crippen LogP contribution in [0.4, 0.5) is 0 Å². The second kappa shape index (κ2) is 14.2. The van der Waals surface area contributed by atoms with Crippen molar-refractivity contribution in [2.45, 2.75) is 56.5 Å². The number of nitrogens with zero attached hydrogens (tertiary/aromatic N) is 2. The predicted molar refractivity (Wildman–Crippen MR) is 163 cm³/mol. The molecule has 1 aliphatic rings. The summed E-state index contributed by atoms with van der Waals surface area (Å²) in [5.74, 6) is -1.24. The van der Waals surface area contributed by atoms with Gasteiger partial charge in [-0.15, -0.1) is 0 Å². The minimum atomic E-state index is -3.99. The summed E-state index contributed by atoms with van der Waals surface area (Å²) >= 11 is 12.4. The van der Waals surface area contributed by atoms with E-state index in [-0.39, 0.29) is 54.6 Å². The van der Waals surface area contributed by atoms with Crippen LogP contribution in [0.1, 0.15) is 54.1 Å². The van der Waals surface area contributed by atoms with Gasteiger partial charge in [-0.2, -0.15) is 0 Å². The minimum absolute atomic E-state index is 0.0331. The third-order valence-electron chi connectivity index (χ3n) is 7.10. The maximum Gasteiger partial charge on any atom is 0.269 e. The van der Waals surface area contributed by atoms with Gasteiger partial charge in [0, 0.05) is 32.5 Å².